The molecule has 1 N–H and O–H groups in total. The van der Waals surface area contributed by atoms with E-state index in [0.717, 1.165) is 5.56 Å². The van der Waals surface area contributed by atoms with Gasteiger partial charge in [-0.25, -0.2) is 0 Å². The Morgan fingerprint density at radius 3 is 2.86 bits per heavy atom. The van der Waals surface area contributed by atoms with Gasteiger partial charge in [0.2, 0.25) is 5.91 Å². The molecular formula is C15H13N3O2S. The number of furan rings is 1. The molecule has 0 spiro atoms. The van der Waals surface area contributed by atoms with Crippen molar-refractivity contribution in [2.75, 3.05) is 0 Å². The minimum absolute atomic E-state index is 0.0317. The van der Waals surface area contributed by atoms with Gasteiger partial charge >= 0.3 is 0 Å². The van der Waals surface area contributed by atoms with Gasteiger partial charge in [-0.2, -0.15) is 5.10 Å². The monoisotopic (exact) mass is 299 g/mol. The molecule has 0 aliphatic carbocycles. The smallest absolute Gasteiger partial charge is 0.239 e. The molecule has 6 heteroatoms. The molecule has 1 aromatic carbocycles. The van der Waals surface area contributed by atoms with Gasteiger partial charge in [0, 0.05) is 0 Å². The van der Waals surface area contributed by atoms with Crippen molar-refractivity contribution in [2.24, 2.45) is 10.2 Å². The highest BCUT2D eigenvalue weighted by molar-refractivity contribution is 8.15. The van der Waals surface area contributed by atoms with Crippen LogP contribution in [0.4, 0.5) is 0 Å². The number of carbonyl (C=O) groups excluding carboxylic acids is 1. The molecule has 1 aromatic heterocycles. The average Bonchev–Trinajstić information content (AvgIpc) is 3.11. The fraction of sp³-hybridized carbons (Fsp3) is 0.133. The van der Waals surface area contributed by atoms with Crippen molar-refractivity contribution in [3.63, 3.8) is 0 Å². The Morgan fingerprint density at radius 2 is 2.10 bits per heavy atom. The molecule has 1 fully saturated rings. The molecule has 0 saturated carbocycles. The topological polar surface area (TPSA) is 67.0 Å². The van der Waals surface area contributed by atoms with E-state index in [-0.39, 0.29) is 11.2 Å². The first-order chi connectivity index (χ1) is 10.3. The van der Waals surface area contributed by atoms with E-state index in [9.17, 15) is 4.79 Å². The maximum absolute atomic E-state index is 11.9. The highest BCUT2D eigenvalue weighted by atomic mass is 32.2. The second-order valence-corrected chi connectivity index (χ2v) is 5.64. The van der Waals surface area contributed by atoms with Crippen LogP contribution in [0.1, 0.15) is 11.3 Å². The zero-order valence-electron chi connectivity index (χ0n) is 11.1. The van der Waals surface area contributed by atoms with Gasteiger partial charge in [0.15, 0.2) is 5.17 Å². The quantitative estimate of drug-likeness (QED) is 0.696. The van der Waals surface area contributed by atoms with E-state index >= 15 is 0 Å². The molecule has 2 aromatic rings. The SMILES string of the molecule is O=C1N/C(=N/N=C\c2ccco2)S[C@@H]1Cc1ccccc1. The summed E-state index contributed by atoms with van der Waals surface area (Å²) in [6, 6.07) is 13.5. The predicted octanol–water partition coefficient (Wildman–Crippen LogP) is 2.44. The predicted molar refractivity (Wildman–Crippen MR) is 83.4 cm³/mol. The van der Waals surface area contributed by atoms with E-state index in [1.807, 2.05) is 30.3 Å². The molecule has 1 aliphatic rings. The van der Waals surface area contributed by atoms with Gasteiger partial charge < -0.3 is 9.73 Å². The van der Waals surface area contributed by atoms with Crippen LogP contribution in [-0.2, 0) is 11.2 Å². The van der Waals surface area contributed by atoms with Crippen molar-refractivity contribution in [1.82, 2.24) is 5.32 Å². The number of nitrogens with zero attached hydrogens (tertiary/aromatic N) is 2. The highest BCUT2D eigenvalue weighted by Gasteiger charge is 2.30. The van der Waals surface area contributed by atoms with Crippen molar-refractivity contribution in [3.8, 4) is 0 Å². The molecule has 1 aliphatic heterocycles. The fourth-order valence-electron chi connectivity index (χ4n) is 1.92. The van der Waals surface area contributed by atoms with Crippen LogP contribution in [-0.4, -0.2) is 22.5 Å². The van der Waals surface area contributed by atoms with E-state index in [1.54, 1.807) is 18.4 Å². The van der Waals surface area contributed by atoms with E-state index in [0.29, 0.717) is 17.3 Å². The van der Waals surface area contributed by atoms with Crippen LogP contribution in [0.15, 0.2) is 63.3 Å². The maximum atomic E-state index is 11.9. The van der Waals surface area contributed by atoms with Gasteiger partial charge in [-0.05, 0) is 24.1 Å². The molecule has 0 bridgehead atoms. The lowest BCUT2D eigenvalue weighted by Crippen LogP contribution is -2.25. The molecule has 0 unspecified atom stereocenters. The molecule has 1 saturated heterocycles. The van der Waals surface area contributed by atoms with Gasteiger partial charge in [-0.3, -0.25) is 4.79 Å². The van der Waals surface area contributed by atoms with E-state index in [1.165, 1.54) is 18.0 Å². The third-order valence-corrected chi connectivity index (χ3v) is 3.99. The number of hydrogen-bond acceptors (Lipinski definition) is 5. The Kier molecular flexibility index (Phi) is 4.16. The van der Waals surface area contributed by atoms with Crippen LogP contribution in [0, 0.1) is 0 Å². The van der Waals surface area contributed by atoms with Gasteiger partial charge in [0.1, 0.15) is 5.76 Å². The van der Waals surface area contributed by atoms with Gasteiger partial charge in [-0.1, -0.05) is 42.1 Å². The second-order valence-electron chi connectivity index (χ2n) is 4.45. The molecule has 106 valence electrons. The summed E-state index contributed by atoms with van der Waals surface area (Å²) in [5.74, 6) is 0.588. The minimum Gasteiger partial charge on any atom is -0.463 e. The third-order valence-electron chi connectivity index (χ3n) is 2.92. The number of hydrogen-bond donors (Lipinski definition) is 1. The van der Waals surface area contributed by atoms with Crippen molar-refractivity contribution < 1.29 is 9.21 Å². The van der Waals surface area contributed by atoms with Crippen molar-refractivity contribution in [1.29, 1.82) is 0 Å². The van der Waals surface area contributed by atoms with Gasteiger partial charge in [-0.15, -0.1) is 5.10 Å². The maximum Gasteiger partial charge on any atom is 0.239 e. The average molecular weight is 299 g/mol. The summed E-state index contributed by atoms with van der Waals surface area (Å²) in [7, 11) is 0. The van der Waals surface area contributed by atoms with Crippen LogP contribution in [0.25, 0.3) is 0 Å². The molecular weight excluding hydrogens is 286 g/mol. The molecule has 5 nitrogen and oxygen atoms in total. The number of amides is 1. The standard InChI is InChI=1S/C15H13N3O2S/c19-14-13(9-11-5-2-1-3-6-11)21-15(17-14)18-16-10-12-7-4-8-20-12/h1-8,10,13H,9H2,(H,17,18,19)/b16-10-/t13-/m1/s1. The van der Waals surface area contributed by atoms with Crippen LogP contribution in [0.3, 0.4) is 0 Å². The molecule has 0 radical (unpaired) electrons. The zero-order chi connectivity index (χ0) is 14.5. The van der Waals surface area contributed by atoms with Crippen LogP contribution in [0.2, 0.25) is 0 Å². The van der Waals surface area contributed by atoms with Crippen LogP contribution in [0.5, 0.6) is 0 Å². The first-order valence-electron chi connectivity index (χ1n) is 6.47. The van der Waals surface area contributed by atoms with Crippen molar-refractivity contribution >= 4 is 29.1 Å². The number of rotatable bonds is 4. The number of nitrogens with one attached hydrogen (secondary N) is 1. The number of amidine groups is 1. The van der Waals surface area contributed by atoms with E-state index in [2.05, 4.69) is 15.5 Å². The highest BCUT2D eigenvalue weighted by Crippen LogP contribution is 2.23. The third kappa shape index (κ3) is 3.61. The lowest BCUT2D eigenvalue weighted by molar-refractivity contribution is -0.118. The largest absolute Gasteiger partial charge is 0.463 e. The Bertz CT molecular complexity index is 665. The molecule has 1 atom stereocenters. The summed E-state index contributed by atoms with van der Waals surface area (Å²) >= 11 is 1.40. The van der Waals surface area contributed by atoms with Crippen molar-refractivity contribution in [2.45, 2.75) is 11.7 Å². The molecule has 3 rings (SSSR count). The summed E-state index contributed by atoms with van der Waals surface area (Å²) in [5.41, 5.74) is 1.13. The lowest BCUT2D eigenvalue weighted by atomic mass is 10.1. The van der Waals surface area contributed by atoms with E-state index in [4.69, 9.17) is 4.42 Å². The first kappa shape index (κ1) is 13.6. The summed E-state index contributed by atoms with van der Waals surface area (Å²) in [5, 5.41) is 11.0. The van der Waals surface area contributed by atoms with Gasteiger partial charge in [0.25, 0.3) is 0 Å². The summed E-state index contributed by atoms with van der Waals surface area (Å²) in [6.45, 7) is 0. The van der Waals surface area contributed by atoms with Gasteiger partial charge in [0.05, 0.1) is 17.7 Å². The first-order valence-corrected chi connectivity index (χ1v) is 7.35. The van der Waals surface area contributed by atoms with E-state index < -0.39 is 0 Å². The Balaban J connectivity index is 1.62. The van der Waals surface area contributed by atoms with Crippen LogP contribution < -0.4 is 5.32 Å². The second kappa shape index (κ2) is 6.41. The summed E-state index contributed by atoms with van der Waals surface area (Å²) in [6.07, 6.45) is 3.75. The Morgan fingerprint density at radius 1 is 1.24 bits per heavy atom. The number of thioether (sulfide) groups is 1. The minimum atomic E-state index is -0.162. The summed E-state index contributed by atoms with van der Waals surface area (Å²) in [4.78, 5) is 11.9. The lowest BCUT2D eigenvalue weighted by Gasteiger charge is -2.04. The zero-order valence-corrected chi connectivity index (χ0v) is 11.9. The Hall–Kier alpha value is -2.34. The normalized spacial score (nSPS) is 20.3. The number of carbonyl (C=O) groups is 1. The van der Waals surface area contributed by atoms with Crippen LogP contribution >= 0.6 is 11.8 Å². The number of benzene rings is 1. The summed E-state index contributed by atoms with van der Waals surface area (Å²) < 4.78 is 5.11. The molecule has 2 heterocycles. The Labute approximate surface area is 126 Å². The molecule has 1 amide bonds. The molecule has 21 heavy (non-hydrogen) atoms. The van der Waals surface area contributed by atoms with Crippen molar-refractivity contribution in [3.05, 3.63) is 60.1 Å². The fourth-order valence-corrected chi connectivity index (χ4v) is 2.88.